The number of nitrogens with zero attached hydrogens (tertiary/aromatic N) is 3. The fraction of sp³-hybridized carbons (Fsp3) is 0.304. The molecule has 14 heteroatoms. The second kappa shape index (κ2) is 12.1. The lowest BCUT2D eigenvalue weighted by Crippen LogP contribution is -2.27. The SMILES string of the molecule is CCCNC(=O)c1nn(-c2ccc(Cl)cc2)c(Oc2ccc([N+](=O)[O-])cc2S(=O)(=O)NCCOC)c1C. The van der Waals surface area contributed by atoms with Crippen molar-refractivity contribution >= 4 is 33.2 Å². The van der Waals surface area contributed by atoms with E-state index >= 15 is 0 Å². The monoisotopic (exact) mass is 551 g/mol. The highest BCUT2D eigenvalue weighted by molar-refractivity contribution is 7.89. The highest BCUT2D eigenvalue weighted by Crippen LogP contribution is 2.35. The minimum absolute atomic E-state index is 0.0474. The van der Waals surface area contributed by atoms with Crippen LogP contribution in [0, 0.1) is 17.0 Å². The van der Waals surface area contributed by atoms with E-state index in [0.717, 1.165) is 12.1 Å². The molecule has 3 aromatic rings. The molecule has 3 rings (SSSR count). The van der Waals surface area contributed by atoms with Gasteiger partial charge >= 0.3 is 0 Å². The molecule has 0 radical (unpaired) electrons. The Hall–Kier alpha value is -3.52. The maximum absolute atomic E-state index is 13.0. The predicted octanol–water partition coefficient (Wildman–Crippen LogP) is 3.60. The van der Waals surface area contributed by atoms with Crippen molar-refractivity contribution in [3.05, 3.63) is 68.9 Å². The molecular formula is C23H26ClN5O7S. The lowest BCUT2D eigenvalue weighted by atomic mass is 10.2. The van der Waals surface area contributed by atoms with Crippen LogP contribution in [0.25, 0.3) is 5.69 Å². The number of hydrogen-bond donors (Lipinski definition) is 2. The van der Waals surface area contributed by atoms with Crippen LogP contribution in [0.15, 0.2) is 47.4 Å². The van der Waals surface area contributed by atoms with E-state index in [1.54, 1.807) is 31.2 Å². The zero-order chi connectivity index (χ0) is 27.2. The topological polar surface area (TPSA) is 155 Å². The van der Waals surface area contributed by atoms with E-state index in [1.165, 1.54) is 17.9 Å². The summed E-state index contributed by atoms with van der Waals surface area (Å²) < 4.78 is 40.6. The summed E-state index contributed by atoms with van der Waals surface area (Å²) in [5.41, 5.74) is 0.448. The summed E-state index contributed by atoms with van der Waals surface area (Å²) in [6, 6.07) is 9.74. The first-order chi connectivity index (χ1) is 17.6. The molecule has 0 atom stereocenters. The Labute approximate surface area is 218 Å². The molecule has 1 amide bonds. The van der Waals surface area contributed by atoms with E-state index in [-0.39, 0.29) is 30.5 Å². The molecule has 0 unspecified atom stereocenters. The zero-order valence-corrected chi connectivity index (χ0v) is 21.9. The van der Waals surface area contributed by atoms with Crippen LogP contribution >= 0.6 is 11.6 Å². The first kappa shape index (κ1) is 28.1. The summed E-state index contributed by atoms with van der Waals surface area (Å²) in [7, 11) is -2.83. The van der Waals surface area contributed by atoms with Crippen molar-refractivity contribution in [2.24, 2.45) is 0 Å². The van der Waals surface area contributed by atoms with Gasteiger partial charge in [-0.2, -0.15) is 9.78 Å². The van der Waals surface area contributed by atoms with Crippen molar-refractivity contribution in [3.8, 4) is 17.3 Å². The number of amides is 1. The van der Waals surface area contributed by atoms with Crippen LogP contribution < -0.4 is 14.8 Å². The second-order valence-corrected chi connectivity index (χ2v) is 9.98. The summed E-state index contributed by atoms with van der Waals surface area (Å²) in [4.78, 5) is 22.9. The first-order valence-electron chi connectivity index (χ1n) is 11.2. The van der Waals surface area contributed by atoms with E-state index < -0.39 is 31.4 Å². The third-order valence-corrected chi connectivity index (χ3v) is 6.86. The molecule has 198 valence electrons. The minimum atomic E-state index is -4.24. The van der Waals surface area contributed by atoms with Crippen LogP contribution in [0.1, 0.15) is 29.4 Å². The van der Waals surface area contributed by atoms with Gasteiger partial charge in [0.2, 0.25) is 15.9 Å². The number of non-ortho nitro benzene ring substituents is 1. The van der Waals surface area contributed by atoms with E-state index in [0.29, 0.717) is 29.2 Å². The number of nitro groups is 1. The van der Waals surface area contributed by atoms with Gasteiger partial charge in [-0.15, -0.1) is 0 Å². The van der Waals surface area contributed by atoms with Gasteiger partial charge in [-0.1, -0.05) is 18.5 Å². The molecule has 0 aliphatic carbocycles. The van der Waals surface area contributed by atoms with Crippen LogP contribution in [0.2, 0.25) is 5.02 Å². The van der Waals surface area contributed by atoms with Crippen LogP contribution in [-0.4, -0.2) is 55.8 Å². The average Bonchev–Trinajstić information content (AvgIpc) is 3.19. The molecule has 0 saturated carbocycles. The van der Waals surface area contributed by atoms with E-state index in [4.69, 9.17) is 21.1 Å². The molecule has 0 bridgehead atoms. The Bertz CT molecular complexity index is 1390. The lowest BCUT2D eigenvalue weighted by Gasteiger charge is -2.14. The van der Waals surface area contributed by atoms with Crippen molar-refractivity contribution < 1.29 is 27.6 Å². The molecule has 0 spiro atoms. The summed E-state index contributed by atoms with van der Waals surface area (Å²) in [5, 5.41) is 19.0. The molecule has 37 heavy (non-hydrogen) atoms. The highest BCUT2D eigenvalue weighted by atomic mass is 35.5. The number of methoxy groups -OCH3 is 1. The van der Waals surface area contributed by atoms with Crippen LogP contribution in [0.4, 0.5) is 5.69 Å². The summed E-state index contributed by atoms with van der Waals surface area (Å²) >= 11 is 6.01. The number of sulfonamides is 1. The summed E-state index contributed by atoms with van der Waals surface area (Å²) in [6.07, 6.45) is 0.714. The maximum atomic E-state index is 13.0. The minimum Gasteiger partial charge on any atom is -0.437 e. The Kier molecular flexibility index (Phi) is 9.21. The van der Waals surface area contributed by atoms with Gasteiger partial charge < -0.3 is 14.8 Å². The maximum Gasteiger partial charge on any atom is 0.272 e. The lowest BCUT2D eigenvalue weighted by molar-refractivity contribution is -0.385. The van der Waals surface area contributed by atoms with Crippen molar-refractivity contribution in [2.45, 2.75) is 25.2 Å². The number of benzene rings is 2. The molecule has 1 heterocycles. The van der Waals surface area contributed by atoms with Gasteiger partial charge in [-0.3, -0.25) is 14.9 Å². The number of aromatic nitrogens is 2. The standard InChI is InChI=1S/C23H26ClN5O7S/c1-4-11-25-22(30)21-15(2)23(28(27-21)17-7-5-16(24)6-8-17)36-19-10-9-18(29(31)32)14-20(19)37(33,34)26-12-13-35-3/h5-10,14,26H,4,11-13H2,1-3H3,(H,25,30). The van der Waals surface area contributed by atoms with Crippen LogP contribution in [-0.2, 0) is 14.8 Å². The Morgan fingerprint density at radius 1 is 1.19 bits per heavy atom. The van der Waals surface area contributed by atoms with Gasteiger partial charge in [-0.25, -0.2) is 13.1 Å². The van der Waals surface area contributed by atoms with E-state index in [1.807, 2.05) is 6.92 Å². The molecule has 12 nitrogen and oxygen atoms in total. The third kappa shape index (κ3) is 6.63. The van der Waals surface area contributed by atoms with E-state index in [2.05, 4.69) is 15.1 Å². The molecule has 0 aliphatic rings. The molecule has 0 fully saturated rings. The van der Waals surface area contributed by atoms with Crippen LogP contribution in [0.5, 0.6) is 11.6 Å². The number of halogens is 1. The number of nitrogens with one attached hydrogen (secondary N) is 2. The molecule has 2 aromatic carbocycles. The first-order valence-corrected chi connectivity index (χ1v) is 13.0. The van der Waals surface area contributed by atoms with Gasteiger partial charge in [-0.05, 0) is 43.7 Å². The smallest absolute Gasteiger partial charge is 0.272 e. The number of carbonyl (C=O) groups excluding carboxylic acids is 1. The van der Waals surface area contributed by atoms with Gasteiger partial charge in [0.1, 0.15) is 10.6 Å². The van der Waals surface area contributed by atoms with Crippen LogP contribution in [0.3, 0.4) is 0 Å². The molecule has 0 saturated heterocycles. The zero-order valence-electron chi connectivity index (χ0n) is 20.4. The second-order valence-electron chi connectivity index (χ2n) is 7.80. The number of rotatable bonds is 12. The molecular weight excluding hydrogens is 526 g/mol. The predicted molar refractivity (Wildman–Crippen MR) is 136 cm³/mol. The highest BCUT2D eigenvalue weighted by Gasteiger charge is 2.27. The number of ether oxygens (including phenoxy) is 2. The normalized spacial score (nSPS) is 11.4. The largest absolute Gasteiger partial charge is 0.437 e. The van der Waals surface area contributed by atoms with Crippen molar-refractivity contribution in [3.63, 3.8) is 0 Å². The fourth-order valence-electron chi connectivity index (χ4n) is 3.26. The van der Waals surface area contributed by atoms with Crippen molar-refractivity contribution in [1.29, 1.82) is 0 Å². The third-order valence-electron chi connectivity index (χ3n) is 5.12. The number of nitro benzene ring substituents is 1. The molecule has 2 N–H and O–H groups in total. The average molecular weight is 552 g/mol. The molecule has 0 aliphatic heterocycles. The fourth-order valence-corrected chi connectivity index (χ4v) is 4.54. The van der Waals surface area contributed by atoms with Gasteiger partial charge in [0.05, 0.1) is 17.2 Å². The number of carbonyl (C=O) groups is 1. The molecule has 1 aromatic heterocycles. The number of hydrogen-bond acceptors (Lipinski definition) is 8. The Balaban J connectivity index is 2.15. The van der Waals surface area contributed by atoms with Gasteiger partial charge in [0.15, 0.2) is 5.69 Å². The van der Waals surface area contributed by atoms with Gasteiger partial charge in [0, 0.05) is 42.9 Å². The summed E-state index contributed by atoms with van der Waals surface area (Å²) in [5.74, 6) is -0.588. The summed E-state index contributed by atoms with van der Waals surface area (Å²) in [6.45, 7) is 3.96. The van der Waals surface area contributed by atoms with Gasteiger partial charge in [0.25, 0.3) is 11.6 Å². The Morgan fingerprint density at radius 2 is 1.89 bits per heavy atom. The Morgan fingerprint density at radius 3 is 2.51 bits per heavy atom. The quantitative estimate of drug-likeness (QED) is 0.196. The van der Waals surface area contributed by atoms with Crippen molar-refractivity contribution in [1.82, 2.24) is 19.8 Å². The van der Waals surface area contributed by atoms with Crippen molar-refractivity contribution in [2.75, 3.05) is 26.8 Å². The van der Waals surface area contributed by atoms with E-state index in [9.17, 15) is 23.3 Å².